The van der Waals surface area contributed by atoms with Crippen molar-refractivity contribution in [2.45, 2.75) is 24.5 Å². The Bertz CT molecular complexity index is 650. The first-order chi connectivity index (χ1) is 9.52. The van der Waals surface area contributed by atoms with Gasteiger partial charge < -0.3 is 20.1 Å². The molecule has 0 aromatic carbocycles. The first kappa shape index (κ1) is 14.0. The second-order valence-electron chi connectivity index (χ2n) is 4.48. The van der Waals surface area contributed by atoms with Crippen molar-refractivity contribution in [3.63, 3.8) is 0 Å². The molecular weight excluding hydrogens is 309 g/mol. The number of pyridine rings is 1. The molecule has 1 aliphatic heterocycles. The summed E-state index contributed by atoms with van der Waals surface area (Å²) in [5.74, 6) is 0. The molecule has 20 heavy (non-hydrogen) atoms. The van der Waals surface area contributed by atoms with Gasteiger partial charge in [0.05, 0.1) is 18.0 Å². The highest BCUT2D eigenvalue weighted by molar-refractivity contribution is 6.37. The summed E-state index contributed by atoms with van der Waals surface area (Å²) in [4.78, 5) is 8.19. The summed E-state index contributed by atoms with van der Waals surface area (Å²) in [6.45, 7) is -0.406. The molecule has 0 bridgehead atoms. The van der Waals surface area contributed by atoms with E-state index in [4.69, 9.17) is 33.0 Å². The molecule has 9 heteroatoms. The molecule has 2 unspecified atom stereocenters. The quantitative estimate of drug-likeness (QED) is 0.690. The standard InChI is InChI=1S/C11H11Cl2N3O4/c12-4-1-6(13)15-10-7(4)14-3-16(10)11-9(19)8(18)5(2-17)20-11/h1,3,5,8-9,11,17-19H,2H2/t5-,8?,9?,11-/m1/s1. The molecule has 108 valence electrons. The number of hydrogen-bond donors (Lipinski definition) is 3. The van der Waals surface area contributed by atoms with Crippen molar-refractivity contribution in [1.82, 2.24) is 14.5 Å². The Morgan fingerprint density at radius 1 is 1.30 bits per heavy atom. The average molecular weight is 320 g/mol. The van der Waals surface area contributed by atoms with Crippen LogP contribution >= 0.6 is 23.2 Å². The molecule has 0 aliphatic carbocycles. The van der Waals surface area contributed by atoms with Crippen LogP contribution in [0.4, 0.5) is 0 Å². The van der Waals surface area contributed by atoms with Crippen molar-refractivity contribution in [1.29, 1.82) is 0 Å². The smallest absolute Gasteiger partial charge is 0.165 e. The van der Waals surface area contributed by atoms with Gasteiger partial charge in [0.1, 0.15) is 29.0 Å². The van der Waals surface area contributed by atoms with Gasteiger partial charge in [-0.15, -0.1) is 0 Å². The maximum atomic E-state index is 10.0. The highest BCUT2D eigenvalue weighted by atomic mass is 35.5. The zero-order chi connectivity index (χ0) is 14.4. The largest absolute Gasteiger partial charge is 0.394 e. The van der Waals surface area contributed by atoms with Gasteiger partial charge in [-0.3, -0.25) is 4.57 Å². The lowest BCUT2D eigenvalue weighted by Gasteiger charge is -2.16. The molecule has 4 atom stereocenters. The molecule has 3 N–H and O–H groups in total. The van der Waals surface area contributed by atoms with Gasteiger partial charge >= 0.3 is 0 Å². The Kier molecular flexibility index (Phi) is 3.57. The van der Waals surface area contributed by atoms with Gasteiger partial charge in [0, 0.05) is 0 Å². The number of fused-ring (bicyclic) bond motifs is 1. The van der Waals surface area contributed by atoms with Gasteiger partial charge in [-0.25, -0.2) is 9.97 Å². The van der Waals surface area contributed by atoms with E-state index in [9.17, 15) is 10.2 Å². The zero-order valence-electron chi connectivity index (χ0n) is 10.0. The summed E-state index contributed by atoms with van der Waals surface area (Å²) in [5, 5.41) is 29.4. The number of aliphatic hydroxyl groups excluding tert-OH is 3. The van der Waals surface area contributed by atoms with Crippen LogP contribution in [0.2, 0.25) is 10.2 Å². The van der Waals surface area contributed by atoms with Gasteiger partial charge in [-0.1, -0.05) is 23.2 Å². The molecule has 0 radical (unpaired) electrons. The van der Waals surface area contributed by atoms with Gasteiger partial charge in [0.15, 0.2) is 11.9 Å². The highest BCUT2D eigenvalue weighted by Gasteiger charge is 2.43. The lowest BCUT2D eigenvalue weighted by Crippen LogP contribution is -2.33. The maximum absolute atomic E-state index is 10.0. The van der Waals surface area contributed by atoms with E-state index in [-0.39, 0.29) is 5.15 Å². The highest BCUT2D eigenvalue weighted by Crippen LogP contribution is 2.33. The van der Waals surface area contributed by atoms with E-state index in [1.165, 1.54) is 17.0 Å². The van der Waals surface area contributed by atoms with Gasteiger partial charge in [0.2, 0.25) is 0 Å². The maximum Gasteiger partial charge on any atom is 0.165 e. The average Bonchev–Trinajstić information content (AvgIpc) is 2.93. The summed E-state index contributed by atoms with van der Waals surface area (Å²) >= 11 is 11.9. The number of halogens is 2. The van der Waals surface area contributed by atoms with Crippen molar-refractivity contribution in [2.75, 3.05) is 6.61 Å². The molecule has 1 aliphatic rings. The minimum atomic E-state index is -1.22. The normalized spacial score (nSPS) is 30.2. The fourth-order valence-corrected chi connectivity index (χ4v) is 2.72. The third-order valence-electron chi connectivity index (χ3n) is 3.24. The molecule has 1 saturated heterocycles. The summed E-state index contributed by atoms with van der Waals surface area (Å²) < 4.78 is 6.84. The Hall–Kier alpha value is -0.960. The van der Waals surface area contributed by atoms with E-state index in [2.05, 4.69) is 9.97 Å². The minimum Gasteiger partial charge on any atom is -0.394 e. The summed E-state index contributed by atoms with van der Waals surface area (Å²) in [5.41, 5.74) is 0.742. The molecule has 0 amide bonds. The Morgan fingerprint density at radius 3 is 2.70 bits per heavy atom. The zero-order valence-corrected chi connectivity index (χ0v) is 11.5. The van der Waals surface area contributed by atoms with Gasteiger partial charge in [-0.05, 0) is 6.07 Å². The summed E-state index contributed by atoms with van der Waals surface area (Å²) in [7, 11) is 0. The fraction of sp³-hybridized carbons (Fsp3) is 0.455. The monoisotopic (exact) mass is 319 g/mol. The predicted molar refractivity (Wildman–Crippen MR) is 70.6 cm³/mol. The van der Waals surface area contributed by atoms with E-state index < -0.39 is 31.1 Å². The molecule has 2 aromatic heterocycles. The van der Waals surface area contributed by atoms with Crippen molar-refractivity contribution in [3.05, 3.63) is 22.6 Å². The predicted octanol–water partition coefficient (Wildman–Crippen LogP) is 0.350. The van der Waals surface area contributed by atoms with Crippen LogP contribution in [0, 0.1) is 0 Å². The minimum absolute atomic E-state index is 0.177. The number of rotatable bonds is 2. The topological polar surface area (TPSA) is 101 Å². The first-order valence-electron chi connectivity index (χ1n) is 5.84. The van der Waals surface area contributed by atoms with E-state index in [0.717, 1.165) is 0 Å². The number of hydrogen-bond acceptors (Lipinski definition) is 6. The second-order valence-corrected chi connectivity index (χ2v) is 5.27. The Balaban J connectivity index is 2.07. The van der Waals surface area contributed by atoms with E-state index >= 15 is 0 Å². The Morgan fingerprint density at radius 2 is 2.05 bits per heavy atom. The lowest BCUT2D eigenvalue weighted by atomic mass is 10.1. The van der Waals surface area contributed by atoms with Crippen LogP contribution in [0.15, 0.2) is 12.4 Å². The summed E-state index contributed by atoms with van der Waals surface area (Å²) in [6.07, 6.45) is -2.82. The van der Waals surface area contributed by atoms with Crippen LogP contribution in [-0.4, -0.2) is 54.8 Å². The van der Waals surface area contributed by atoms with Crippen molar-refractivity contribution in [3.8, 4) is 0 Å². The van der Waals surface area contributed by atoms with Crippen LogP contribution in [0.5, 0.6) is 0 Å². The van der Waals surface area contributed by atoms with Crippen LogP contribution in [-0.2, 0) is 4.74 Å². The number of nitrogens with zero attached hydrogens (tertiary/aromatic N) is 3. The molecule has 3 rings (SSSR count). The third kappa shape index (κ3) is 2.07. The van der Waals surface area contributed by atoms with Crippen LogP contribution < -0.4 is 0 Å². The van der Waals surface area contributed by atoms with Gasteiger partial charge in [-0.2, -0.15) is 0 Å². The Labute approximate surface area is 123 Å². The van der Waals surface area contributed by atoms with E-state index in [0.29, 0.717) is 16.2 Å². The number of aromatic nitrogens is 3. The van der Waals surface area contributed by atoms with Gasteiger partial charge in [0.25, 0.3) is 0 Å². The van der Waals surface area contributed by atoms with Crippen LogP contribution in [0.25, 0.3) is 11.2 Å². The molecule has 0 saturated carbocycles. The van der Waals surface area contributed by atoms with Crippen molar-refractivity contribution in [2.24, 2.45) is 0 Å². The molecule has 0 spiro atoms. The molecule has 2 aromatic rings. The third-order valence-corrected chi connectivity index (χ3v) is 3.73. The fourth-order valence-electron chi connectivity index (χ4n) is 2.24. The van der Waals surface area contributed by atoms with Crippen LogP contribution in [0.1, 0.15) is 6.23 Å². The molecular formula is C11H11Cl2N3O4. The van der Waals surface area contributed by atoms with Crippen molar-refractivity contribution >= 4 is 34.4 Å². The first-order valence-corrected chi connectivity index (χ1v) is 6.59. The van der Waals surface area contributed by atoms with Crippen LogP contribution in [0.3, 0.4) is 0 Å². The SMILES string of the molecule is OC[C@H]1O[C@@H](n2cnc3c(Cl)cc(Cl)nc32)C(O)C1O. The number of imidazole rings is 1. The van der Waals surface area contributed by atoms with E-state index in [1.54, 1.807) is 0 Å². The molecule has 3 heterocycles. The van der Waals surface area contributed by atoms with E-state index in [1.807, 2.05) is 0 Å². The second kappa shape index (κ2) is 5.10. The lowest BCUT2D eigenvalue weighted by molar-refractivity contribution is -0.0511. The van der Waals surface area contributed by atoms with Crippen molar-refractivity contribution < 1.29 is 20.1 Å². The number of aliphatic hydroxyl groups is 3. The number of ether oxygens (including phenoxy) is 1. The summed E-state index contributed by atoms with van der Waals surface area (Å²) in [6, 6.07) is 1.46. The molecule has 1 fully saturated rings. The molecule has 7 nitrogen and oxygen atoms in total.